The maximum absolute atomic E-state index is 12.7. The second kappa shape index (κ2) is 8.86. The van der Waals surface area contributed by atoms with Crippen molar-refractivity contribution in [2.24, 2.45) is 0 Å². The largest absolute Gasteiger partial charge is 0.321 e. The SMILES string of the molecule is COOOSc1ccc(C2=C3C(=O)NC(c4ccc(S(=O)(=O)OC)cc4)=C3C(=O)N2)cc1. The van der Waals surface area contributed by atoms with Gasteiger partial charge in [0.25, 0.3) is 21.9 Å². The van der Waals surface area contributed by atoms with Crippen LogP contribution in [0.25, 0.3) is 11.4 Å². The van der Waals surface area contributed by atoms with Crippen LogP contribution < -0.4 is 10.6 Å². The highest BCUT2D eigenvalue weighted by atomic mass is 32.2. The van der Waals surface area contributed by atoms with Gasteiger partial charge in [0.05, 0.1) is 53.7 Å². The number of nitrogens with one attached hydrogen (secondary N) is 2. The molecule has 2 aliphatic heterocycles. The molecule has 4 rings (SSSR count). The quantitative estimate of drug-likeness (QED) is 0.193. The fourth-order valence-corrected chi connectivity index (χ4v) is 4.33. The van der Waals surface area contributed by atoms with Crippen molar-refractivity contribution in [1.82, 2.24) is 10.6 Å². The van der Waals surface area contributed by atoms with Crippen molar-refractivity contribution in [1.29, 1.82) is 0 Å². The van der Waals surface area contributed by atoms with Crippen LogP contribution in [0.1, 0.15) is 11.1 Å². The standard InChI is InChI=1S/C20H16N2O8S2/c1-27-29-30-31-13-7-3-11(4-8-13)17-15-16(20(24)21-17)18(22-19(15)23)12-5-9-14(10-6-12)32(25,26)28-2/h3-10H,1-2H3,(H,21,24)(H,22,23). The van der Waals surface area contributed by atoms with Gasteiger partial charge in [0.15, 0.2) is 0 Å². The van der Waals surface area contributed by atoms with Crippen LogP contribution in [0.2, 0.25) is 0 Å². The van der Waals surface area contributed by atoms with E-state index in [0.717, 1.165) is 19.2 Å². The van der Waals surface area contributed by atoms with Gasteiger partial charge in [0, 0.05) is 4.90 Å². The van der Waals surface area contributed by atoms with Crippen LogP contribution in [0.3, 0.4) is 0 Å². The number of benzene rings is 2. The highest BCUT2D eigenvalue weighted by Gasteiger charge is 2.40. The Bertz CT molecular complexity index is 1250. The molecule has 0 saturated heterocycles. The topological polar surface area (TPSA) is 129 Å². The number of hydrogen-bond acceptors (Lipinski definition) is 9. The Hall–Kier alpha value is -3.00. The van der Waals surface area contributed by atoms with E-state index in [1.807, 2.05) is 0 Å². The first-order valence-electron chi connectivity index (χ1n) is 9.03. The highest BCUT2D eigenvalue weighted by molar-refractivity contribution is 7.94. The molecule has 0 bridgehead atoms. The Labute approximate surface area is 187 Å². The second-order valence-corrected chi connectivity index (χ2v) is 8.95. The molecule has 2 aliphatic rings. The first-order chi connectivity index (χ1) is 15.4. The van der Waals surface area contributed by atoms with Gasteiger partial charge in [-0.3, -0.25) is 13.8 Å². The molecule has 0 saturated carbocycles. The third-order valence-electron chi connectivity index (χ3n) is 4.70. The molecular formula is C20H16N2O8S2. The smallest absolute Gasteiger partial charge is 0.296 e. The molecule has 0 spiro atoms. The van der Waals surface area contributed by atoms with E-state index in [2.05, 4.69) is 24.7 Å². The molecule has 166 valence electrons. The fourth-order valence-electron chi connectivity index (χ4n) is 3.26. The number of hydrogen-bond donors (Lipinski definition) is 2. The van der Waals surface area contributed by atoms with E-state index in [4.69, 9.17) is 4.33 Å². The first-order valence-corrected chi connectivity index (χ1v) is 11.2. The van der Waals surface area contributed by atoms with E-state index in [1.54, 1.807) is 24.3 Å². The molecule has 0 aromatic heterocycles. The van der Waals surface area contributed by atoms with E-state index >= 15 is 0 Å². The lowest BCUT2D eigenvalue weighted by atomic mass is 10.0. The summed E-state index contributed by atoms with van der Waals surface area (Å²) in [4.78, 5) is 30.4. The minimum atomic E-state index is -3.85. The van der Waals surface area contributed by atoms with Crippen molar-refractivity contribution in [2.75, 3.05) is 14.2 Å². The van der Waals surface area contributed by atoms with E-state index in [0.29, 0.717) is 27.4 Å². The van der Waals surface area contributed by atoms with Crippen LogP contribution in [0.15, 0.2) is 69.5 Å². The van der Waals surface area contributed by atoms with Gasteiger partial charge < -0.3 is 10.6 Å². The summed E-state index contributed by atoms with van der Waals surface area (Å²) in [6, 6.07) is 12.6. The minimum Gasteiger partial charge on any atom is -0.321 e. The van der Waals surface area contributed by atoms with Gasteiger partial charge in [0.1, 0.15) is 0 Å². The molecule has 0 aliphatic carbocycles. The summed E-state index contributed by atoms with van der Waals surface area (Å²) in [6.45, 7) is 0. The van der Waals surface area contributed by atoms with Crippen LogP contribution in [0, 0.1) is 0 Å². The molecule has 10 nitrogen and oxygen atoms in total. The van der Waals surface area contributed by atoms with Crippen molar-refractivity contribution in [3.63, 3.8) is 0 Å². The molecule has 0 atom stereocenters. The average molecular weight is 476 g/mol. The fraction of sp³-hybridized carbons (Fsp3) is 0.100. The molecule has 0 unspecified atom stereocenters. The second-order valence-electron chi connectivity index (χ2n) is 6.46. The van der Waals surface area contributed by atoms with Gasteiger partial charge in [-0.15, -0.1) is 4.33 Å². The Balaban J connectivity index is 1.68. The van der Waals surface area contributed by atoms with E-state index < -0.39 is 21.9 Å². The van der Waals surface area contributed by atoms with Crippen molar-refractivity contribution < 1.29 is 36.4 Å². The molecule has 2 aromatic carbocycles. The summed E-state index contributed by atoms with van der Waals surface area (Å²) in [5, 5.41) is 9.79. The summed E-state index contributed by atoms with van der Waals surface area (Å²) in [5.74, 6) is -0.876. The van der Waals surface area contributed by atoms with Gasteiger partial charge >= 0.3 is 0 Å². The van der Waals surface area contributed by atoms with Gasteiger partial charge in [-0.05, 0) is 35.4 Å². The van der Waals surface area contributed by atoms with Crippen molar-refractivity contribution in [3.8, 4) is 0 Å². The summed E-state index contributed by atoms with van der Waals surface area (Å²) >= 11 is 0.928. The number of fused-ring (bicyclic) bond motifs is 1. The van der Waals surface area contributed by atoms with Gasteiger partial charge in [-0.1, -0.05) is 29.3 Å². The minimum absolute atomic E-state index is 0.0381. The normalized spacial score (nSPS) is 15.8. The highest BCUT2D eigenvalue weighted by Crippen LogP contribution is 2.37. The maximum Gasteiger partial charge on any atom is 0.296 e. The number of rotatable bonds is 8. The van der Waals surface area contributed by atoms with Gasteiger partial charge in [0.2, 0.25) is 0 Å². The predicted octanol–water partition coefficient (Wildman–Crippen LogP) is 1.92. The predicted molar refractivity (Wildman–Crippen MR) is 112 cm³/mol. The lowest BCUT2D eigenvalue weighted by Crippen LogP contribution is -2.21. The molecule has 12 heteroatoms. The van der Waals surface area contributed by atoms with E-state index in [-0.39, 0.29) is 16.0 Å². The first kappa shape index (κ1) is 22.2. The monoisotopic (exact) mass is 476 g/mol. The molecule has 0 radical (unpaired) electrons. The Kier molecular flexibility index (Phi) is 6.15. The van der Waals surface area contributed by atoms with Crippen LogP contribution in [-0.4, -0.2) is 34.5 Å². The van der Waals surface area contributed by atoms with Crippen molar-refractivity contribution in [2.45, 2.75) is 9.79 Å². The maximum atomic E-state index is 12.7. The van der Waals surface area contributed by atoms with Crippen LogP contribution in [-0.2, 0) is 38.1 Å². The van der Waals surface area contributed by atoms with Gasteiger partial charge in [-0.25, -0.2) is 4.89 Å². The number of amides is 2. The molecule has 2 N–H and O–H groups in total. The number of carbonyl (C=O) groups is 2. The van der Waals surface area contributed by atoms with E-state index in [9.17, 15) is 18.0 Å². The molecule has 32 heavy (non-hydrogen) atoms. The third kappa shape index (κ3) is 4.07. The summed E-state index contributed by atoms with van der Waals surface area (Å²) in [6.07, 6.45) is 0. The Morgan fingerprint density at radius 2 is 1.28 bits per heavy atom. The Morgan fingerprint density at radius 1 is 0.781 bits per heavy atom. The lowest BCUT2D eigenvalue weighted by Gasteiger charge is -2.08. The van der Waals surface area contributed by atoms with Crippen LogP contribution in [0.5, 0.6) is 0 Å². The number of carbonyl (C=O) groups excluding carboxylic acids is 2. The van der Waals surface area contributed by atoms with Crippen LogP contribution in [0.4, 0.5) is 0 Å². The molecule has 2 aromatic rings. The average Bonchev–Trinajstić information content (AvgIpc) is 3.33. The summed E-state index contributed by atoms with van der Waals surface area (Å²) in [5.41, 5.74) is 2.20. The third-order valence-corrected chi connectivity index (χ3v) is 6.58. The lowest BCUT2D eigenvalue weighted by molar-refractivity contribution is -0.447. The van der Waals surface area contributed by atoms with Crippen molar-refractivity contribution in [3.05, 3.63) is 70.8 Å². The summed E-state index contributed by atoms with van der Waals surface area (Å²) < 4.78 is 32.9. The molecule has 2 heterocycles. The van der Waals surface area contributed by atoms with Crippen molar-refractivity contribution >= 4 is 45.4 Å². The summed E-state index contributed by atoms with van der Waals surface area (Å²) in [7, 11) is -1.48. The zero-order valence-corrected chi connectivity index (χ0v) is 18.3. The van der Waals surface area contributed by atoms with Crippen LogP contribution >= 0.6 is 12.0 Å². The Morgan fingerprint density at radius 3 is 1.75 bits per heavy atom. The zero-order chi connectivity index (χ0) is 22.9. The zero-order valence-electron chi connectivity index (χ0n) is 16.7. The van der Waals surface area contributed by atoms with E-state index in [1.165, 1.54) is 31.4 Å². The van der Waals surface area contributed by atoms with Gasteiger partial charge in [-0.2, -0.15) is 8.42 Å². The molecule has 0 fully saturated rings. The molecular weight excluding hydrogens is 460 g/mol. The molecule has 2 amide bonds.